The summed E-state index contributed by atoms with van der Waals surface area (Å²) in [7, 11) is 0. The summed E-state index contributed by atoms with van der Waals surface area (Å²) in [5.74, 6) is 0. The van der Waals surface area contributed by atoms with Gasteiger partial charge in [0.15, 0.2) is 0 Å². The first-order chi connectivity index (χ1) is 13.9. The molecule has 144 valence electrons. The predicted molar refractivity (Wildman–Crippen MR) is 121 cm³/mol. The van der Waals surface area contributed by atoms with Gasteiger partial charge in [-0.2, -0.15) is 0 Å². The second kappa shape index (κ2) is 6.03. The van der Waals surface area contributed by atoms with Crippen LogP contribution < -0.4 is 0 Å². The summed E-state index contributed by atoms with van der Waals surface area (Å²) in [6.07, 6.45) is 6.06. The summed E-state index contributed by atoms with van der Waals surface area (Å²) < 4.78 is 0. The molecule has 2 aliphatic rings. The second-order valence-corrected chi connectivity index (χ2v) is 9.37. The Labute approximate surface area is 173 Å². The number of benzene rings is 3. The fourth-order valence-corrected chi connectivity index (χ4v) is 5.48. The Kier molecular flexibility index (Phi) is 3.77. The fraction of sp³-hybridized carbons (Fsp3) is 0.250. The van der Waals surface area contributed by atoms with Crippen molar-refractivity contribution >= 4 is 18.4 Å². The summed E-state index contributed by atoms with van der Waals surface area (Å²) in [4.78, 5) is 11.0. The molecule has 0 atom stereocenters. The third-order valence-electron chi connectivity index (χ3n) is 6.97. The first kappa shape index (κ1) is 18.1. The average Bonchev–Trinajstić information content (AvgIpc) is 2.86. The van der Waals surface area contributed by atoms with Gasteiger partial charge in [0.25, 0.3) is 0 Å². The van der Waals surface area contributed by atoms with Crippen LogP contribution in [-0.4, -0.2) is 6.29 Å². The minimum atomic E-state index is -0.0767. The molecule has 3 aromatic rings. The fourth-order valence-electron chi connectivity index (χ4n) is 5.48. The van der Waals surface area contributed by atoms with Crippen molar-refractivity contribution in [2.24, 2.45) is 0 Å². The quantitative estimate of drug-likeness (QED) is 0.463. The van der Waals surface area contributed by atoms with Crippen LogP contribution in [0.2, 0.25) is 0 Å². The zero-order valence-electron chi connectivity index (χ0n) is 17.5. The monoisotopic (exact) mass is 378 g/mol. The zero-order chi connectivity index (χ0) is 20.4. The van der Waals surface area contributed by atoms with Crippen LogP contribution in [0.15, 0.2) is 54.6 Å². The summed E-state index contributed by atoms with van der Waals surface area (Å²) >= 11 is 0. The van der Waals surface area contributed by atoms with Gasteiger partial charge in [-0.3, -0.25) is 0 Å². The Hall–Kier alpha value is -2.93. The molecule has 2 aliphatic carbocycles. The molecule has 0 saturated heterocycles. The Morgan fingerprint density at radius 1 is 0.759 bits per heavy atom. The summed E-state index contributed by atoms with van der Waals surface area (Å²) in [5, 5.41) is 0. The first-order valence-corrected chi connectivity index (χ1v) is 10.4. The van der Waals surface area contributed by atoms with Gasteiger partial charge in [-0.15, -0.1) is 0 Å². The van der Waals surface area contributed by atoms with E-state index in [1.807, 2.05) is 0 Å². The summed E-state index contributed by atoms with van der Waals surface area (Å²) in [6.45, 7) is 9.33. The van der Waals surface area contributed by atoms with Gasteiger partial charge < -0.3 is 4.79 Å². The van der Waals surface area contributed by atoms with Crippen molar-refractivity contribution < 1.29 is 4.79 Å². The molecule has 0 saturated carbocycles. The number of hydrogen-bond donors (Lipinski definition) is 0. The molecule has 0 spiro atoms. The summed E-state index contributed by atoms with van der Waals surface area (Å²) in [5.41, 5.74) is 11.7. The maximum Gasteiger partial charge on any atom is 0.124 e. The third-order valence-corrected chi connectivity index (χ3v) is 6.97. The Morgan fingerprint density at radius 3 is 2.31 bits per heavy atom. The Morgan fingerprint density at radius 2 is 1.52 bits per heavy atom. The molecule has 5 rings (SSSR count). The van der Waals surface area contributed by atoms with E-state index in [-0.39, 0.29) is 10.8 Å². The van der Waals surface area contributed by atoms with Gasteiger partial charge in [-0.05, 0) is 50.1 Å². The Bertz CT molecular complexity index is 1190. The molecule has 0 aliphatic heterocycles. The summed E-state index contributed by atoms with van der Waals surface area (Å²) in [6, 6.07) is 19.9. The number of rotatable bonds is 2. The molecule has 0 heterocycles. The SMILES string of the molecule is CC1(C)c2ccccc2C=Cc2c1ccc1c2C(C)(C)c2ccc(CC=O)cc2-1. The van der Waals surface area contributed by atoms with E-state index < -0.39 is 0 Å². The van der Waals surface area contributed by atoms with Crippen LogP contribution in [-0.2, 0) is 22.0 Å². The van der Waals surface area contributed by atoms with Crippen molar-refractivity contribution in [2.45, 2.75) is 44.9 Å². The van der Waals surface area contributed by atoms with Crippen LogP contribution in [0.1, 0.15) is 66.6 Å². The van der Waals surface area contributed by atoms with Crippen molar-refractivity contribution in [3.05, 3.63) is 93.5 Å². The van der Waals surface area contributed by atoms with Gasteiger partial charge in [0.05, 0.1) is 0 Å². The molecule has 0 radical (unpaired) electrons. The topological polar surface area (TPSA) is 17.1 Å². The largest absolute Gasteiger partial charge is 0.303 e. The van der Waals surface area contributed by atoms with Crippen LogP contribution in [0.4, 0.5) is 0 Å². The smallest absolute Gasteiger partial charge is 0.124 e. The molecule has 29 heavy (non-hydrogen) atoms. The standard InChI is InChI=1S/C28H26O/c1-27(2)23-8-6-5-7-19(23)10-11-21-24(27)14-12-20-22-17-18(15-16-29)9-13-25(22)28(3,4)26(20)21/h5-14,16-17H,15H2,1-4H3. The van der Waals surface area contributed by atoms with E-state index in [2.05, 4.69) is 94.4 Å². The number of fused-ring (bicyclic) bond motifs is 6. The van der Waals surface area contributed by atoms with Crippen molar-refractivity contribution in [1.29, 1.82) is 0 Å². The molecule has 1 nitrogen and oxygen atoms in total. The minimum absolute atomic E-state index is 0.0714. The third kappa shape index (κ3) is 2.43. The van der Waals surface area contributed by atoms with Gasteiger partial charge >= 0.3 is 0 Å². The maximum absolute atomic E-state index is 11.0. The molecule has 0 unspecified atom stereocenters. The highest BCUT2D eigenvalue weighted by atomic mass is 16.1. The molecule has 0 fully saturated rings. The lowest BCUT2D eigenvalue weighted by molar-refractivity contribution is -0.107. The van der Waals surface area contributed by atoms with Gasteiger partial charge in [-0.1, -0.05) is 94.4 Å². The minimum Gasteiger partial charge on any atom is -0.303 e. The number of carbonyl (C=O) groups is 1. The highest BCUT2D eigenvalue weighted by molar-refractivity contribution is 5.89. The molecule has 0 bridgehead atoms. The molecule has 0 aromatic heterocycles. The number of aldehydes is 1. The van der Waals surface area contributed by atoms with Crippen molar-refractivity contribution in [2.75, 3.05) is 0 Å². The van der Waals surface area contributed by atoms with E-state index >= 15 is 0 Å². The second-order valence-electron chi connectivity index (χ2n) is 9.37. The van der Waals surface area contributed by atoms with E-state index in [1.165, 1.54) is 44.5 Å². The van der Waals surface area contributed by atoms with E-state index in [0.29, 0.717) is 6.42 Å². The lowest BCUT2D eigenvalue weighted by Gasteiger charge is -2.31. The lowest BCUT2D eigenvalue weighted by Crippen LogP contribution is -2.23. The van der Waals surface area contributed by atoms with Gasteiger partial charge in [-0.25, -0.2) is 0 Å². The zero-order valence-corrected chi connectivity index (χ0v) is 17.5. The van der Waals surface area contributed by atoms with Gasteiger partial charge in [0.2, 0.25) is 0 Å². The predicted octanol–water partition coefficient (Wildman–Crippen LogP) is 6.54. The van der Waals surface area contributed by atoms with Gasteiger partial charge in [0, 0.05) is 17.3 Å². The molecule has 0 amide bonds. The van der Waals surface area contributed by atoms with E-state index in [1.54, 1.807) is 0 Å². The molecular formula is C28H26O. The van der Waals surface area contributed by atoms with E-state index in [4.69, 9.17) is 0 Å². The van der Waals surface area contributed by atoms with Crippen LogP contribution in [0.5, 0.6) is 0 Å². The van der Waals surface area contributed by atoms with Gasteiger partial charge in [0.1, 0.15) is 6.29 Å². The van der Waals surface area contributed by atoms with Crippen LogP contribution in [0, 0.1) is 0 Å². The molecule has 3 aromatic carbocycles. The average molecular weight is 379 g/mol. The van der Waals surface area contributed by atoms with Crippen LogP contribution in [0.3, 0.4) is 0 Å². The molecule has 1 heteroatoms. The van der Waals surface area contributed by atoms with Crippen molar-refractivity contribution in [3.63, 3.8) is 0 Å². The molecular weight excluding hydrogens is 352 g/mol. The number of hydrogen-bond acceptors (Lipinski definition) is 1. The molecule has 0 N–H and O–H groups in total. The van der Waals surface area contributed by atoms with Crippen molar-refractivity contribution in [1.82, 2.24) is 0 Å². The number of carbonyl (C=O) groups excluding carboxylic acids is 1. The van der Waals surface area contributed by atoms with E-state index in [9.17, 15) is 4.79 Å². The van der Waals surface area contributed by atoms with Crippen LogP contribution >= 0.6 is 0 Å². The van der Waals surface area contributed by atoms with Crippen molar-refractivity contribution in [3.8, 4) is 11.1 Å². The highest BCUT2D eigenvalue weighted by Crippen LogP contribution is 2.53. The maximum atomic E-state index is 11.0. The first-order valence-electron chi connectivity index (χ1n) is 10.4. The normalized spacial score (nSPS) is 17.0. The van der Waals surface area contributed by atoms with Crippen LogP contribution in [0.25, 0.3) is 23.3 Å². The highest BCUT2D eigenvalue weighted by Gasteiger charge is 2.40. The lowest BCUT2D eigenvalue weighted by atomic mass is 9.72. The Balaban J connectivity index is 1.81. The van der Waals surface area contributed by atoms with E-state index in [0.717, 1.165) is 11.8 Å².